The van der Waals surface area contributed by atoms with E-state index in [1.165, 1.54) is 0 Å². The molecular formula is C26H25N3O3S. The lowest BCUT2D eigenvalue weighted by Crippen LogP contribution is -2.09. The average molecular weight is 460 g/mol. The van der Waals surface area contributed by atoms with E-state index >= 15 is 0 Å². The Labute approximate surface area is 193 Å². The van der Waals surface area contributed by atoms with Crippen molar-refractivity contribution in [2.75, 3.05) is 11.0 Å². The molecule has 0 unspecified atom stereocenters. The Balaban J connectivity index is 1.81. The van der Waals surface area contributed by atoms with Gasteiger partial charge in [0.2, 0.25) is 10.0 Å². The first-order valence-corrected chi connectivity index (χ1v) is 12.7. The molecule has 168 valence electrons. The quantitative estimate of drug-likeness (QED) is 0.455. The van der Waals surface area contributed by atoms with Gasteiger partial charge in [-0.3, -0.25) is 9.40 Å². The van der Waals surface area contributed by atoms with Crippen LogP contribution >= 0.6 is 0 Å². The number of sulfonamides is 1. The summed E-state index contributed by atoms with van der Waals surface area (Å²) in [5, 5.41) is 5.49. The van der Waals surface area contributed by atoms with Crippen LogP contribution in [0.5, 0.6) is 5.75 Å². The molecule has 1 N–H and O–H groups in total. The first-order chi connectivity index (χ1) is 15.8. The lowest BCUT2D eigenvalue weighted by atomic mass is 9.86. The number of nitrogens with zero attached hydrogens (tertiary/aromatic N) is 2. The van der Waals surface area contributed by atoms with E-state index in [9.17, 15) is 8.42 Å². The normalized spacial score (nSPS) is 14.8. The highest BCUT2D eigenvalue weighted by Gasteiger charge is 2.24. The van der Waals surface area contributed by atoms with Gasteiger partial charge < -0.3 is 4.74 Å². The lowest BCUT2D eigenvalue weighted by Gasteiger charge is -2.18. The highest BCUT2D eigenvalue weighted by Crippen LogP contribution is 2.43. The van der Waals surface area contributed by atoms with Crippen LogP contribution in [0.3, 0.4) is 0 Å². The summed E-state index contributed by atoms with van der Waals surface area (Å²) in [5.41, 5.74) is 8.01. The molecule has 4 aromatic rings. The Hall–Kier alpha value is -3.58. The predicted octanol–water partition coefficient (Wildman–Crippen LogP) is 5.21. The van der Waals surface area contributed by atoms with Crippen LogP contribution in [0.15, 0.2) is 66.9 Å². The first kappa shape index (κ1) is 21.3. The minimum Gasteiger partial charge on any atom is -0.488 e. The molecule has 1 aliphatic rings. The van der Waals surface area contributed by atoms with Gasteiger partial charge in [-0.25, -0.2) is 8.42 Å². The van der Waals surface area contributed by atoms with Gasteiger partial charge in [0, 0.05) is 23.7 Å². The zero-order valence-electron chi connectivity index (χ0n) is 18.8. The highest BCUT2D eigenvalue weighted by molar-refractivity contribution is 7.92. The summed E-state index contributed by atoms with van der Waals surface area (Å²) < 4.78 is 34.3. The fraction of sp³-hybridized carbons (Fsp3) is 0.192. The molecule has 33 heavy (non-hydrogen) atoms. The van der Waals surface area contributed by atoms with Crippen LogP contribution in [-0.4, -0.2) is 24.5 Å². The molecule has 0 amide bonds. The second-order valence-electron chi connectivity index (χ2n) is 8.28. The van der Waals surface area contributed by atoms with Crippen LogP contribution in [0.25, 0.3) is 22.0 Å². The van der Waals surface area contributed by atoms with Gasteiger partial charge in [-0.2, -0.15) is 5.10 Å². The molecule has 3 aromatic carbocycles. The topological polar surface area (TPSA) is 73.2 Å². The predicted molar refractivity (Wildman–Crippen MR) is 133 cm³/mol. The summed E-state index contributed by atoms with van der Waals surface area (Å²) in [4.78, 5) is 0. The van der Waals surface area contributed by atoms with E-state index in [1.807, 2.05) is 54.3 Å². The molecule has 0 spiro atoms. The Morgan fingerprint density at radius 1 is 1.09 bits per heavy atom. The SMILES string of the molecule is CC/C(=C1\c2cc3cnn(C)c3cc2COc2ccccc21)c1cccc(NS(C)(=O)=O)c1. The van der Waals surface area contributed by atoms with E-state index in [1.54, 1.807) is 6.07 Å². The van der Waals surface area contributed by atoms with Crippen LogP contribution in [0, 0.1) is 0 Å². The molecule has 0 saturated carbocycles. The van der Waals surface area contributed by atoms with Gasteiger partial charge in [0.25, 0.3) is 0 Å². The second-order valence-corrected chi connectivity index (χ2v) is 10.0. The largest absolute Gasteiger partial charge is 0.488 e. The van der Waals surface area contributed by atoms with Crippen molar-refractivity contribution in [3.8, 4) is 5.75 Å². The van der Waals surface area contributed by atoms with E-state index in [0.717, 1.165) is 62.7 Å². The number of fused-ring (bicyclic) bond motifs is 3. The third-order valence-corrected chi connectivity index (χ3v) is 6.56. The van der Waals surface area contributed by atoms with Crippen LogP contribution < -0.4 is 9.46 Å². The molecule has 0 atom stereocenters. The average Bonchev–Trinajstić information content (AvgIpc) is 3.06. The van der Waals surface area contributed by atoms with Gasteiger partial charge in [-0.05, 0) is 64.6 Å². The van der Waals surface area contributed by atoms with Crippen LogP contribution in [-0.2, 0) is 23.7 Å². The zero-order valence-corrected chi connectivity index (χ0v) is 19.6. The third-order valence-electron chi connectivity index (χ3n) is 5.95. The summed E-state index contributed by atoms with van der Waals surface area (Å²) in [6, 6.07) is 20.0. The molecule has 0 saturated heterocycles. The molecule has 0 fully saturated rings. The number of anilines is 1. The fourth-order valence-corrected chi connectivity index (χ4v) is 5.08. The Kier molecular flexibility index (Phi) is 5.21. The molecule has 5 rings (SSSR count). The van der Waals surface area contributed by atoms with Gasteiger partial charge in [-0.1, -0.05) is 37.3 Å². The summed E-state index contributed by atoms with van der Waals surface area (Å²) in [6.45, 7) is 2.58. The number of para-hydroxylation sites is 1. The molecular weight excluding hydrogens is 434 g/mol. The number of rotatable bonds is 4. The number of allylic oxidation sites excluding steroid dienone is 1. The summed E-state index contributed by atoms with van der Waals surface area (Å²) in [6.07, 6.45) is 3.80. The number of hydrogen-bond donors (Lipinski definition) is 1. The third kappa shape index (κ3) is 4.00. The van der Waals surface area contributed by atoms with Crippen LogP contribution in [0.1, 0.15) is 35.6 Å². The molecule has 0 bridgehead atoms. The smallest absolute Gasteiger partial charge is 0.229 e. The summed E-state index contributed by atoms with van der Waals surface area (Å²) in [7, 11) is -1.43. The highest BCUT2D eigenvalue weighted by atomic mass is 32.2. The summed E-state index contributed by atoms with van der Waals surface area (Å²) >= 11 is 0. The van der Waals surface area contributed by atoms with Crippen molar-refractivity contribution in [3.63, 3.8) is 0 Å². The molecule has 7 heteroatoms. The number of aromatic nitrogens is 2. The maximum absolute atomic E-state index is 11.8. The van der Waals surface area contributed by atoms with Crippen molar-refractivity contribution in [1.82, 2.24) is 9.78 Å². The Morgan fingerprint density at radius 2 is 1.91 bits per heavy atom. The Morgan fingerprint density at radius 3 is 2.70 bits per heavy atom. The number of hydrogen-bond acceptors (Lipinski definition) is 4. The van der Waals surface area contributed by atoms with E-state index in [2.05, 4.69) is 34.9 Å². The number of nitrogens with one attached hydrogen (secondary N) is 1. The molecule has 2 heterocycles. The van der Waals surface area contributed by atoms with Gasteiger partial charge >= 0.3 is 0 Å². The molecule has 1 aromatic heterocycles. The van der Waals surface area contributed by atoms with Gasteiger partial charge in [0.05, 0.1) is 18.0 Å². The second kappa shape index (κ2) is 8.08. The monoisotopic (exact) mass is 459 g/mol. The van der Waals surface area contributed by atoms with Crippen LogP contribution in [0.2, 0.25) is 0 Å². The van der Waals surface area contributed by atoms with Gasteiger partial charge in [0.15, 0.2) is 0 Å². The molecule has 6 nitrogen and oxygen atoms in total. The van der Waals surface area contributed by atoms with Crippen molar-refractivity contribution in [2.24, 2.45) is 7.05 Å². The van der Waals surface area contributed by atoms with Crippen molar-refractivity contribution >= 4 is 37.8 Å². The van der Waals surface area contributed by atoms with Gasteiger partial charge in [-0.15, -0.1) is 0 Å². The van der Waals surface area contributed by atoms with E-state index in [4.69, 9.17) is 4.74 Å². The van der Waals surface area contributed by atoms with Crippen molar-refractivity contribution in [2.45, 2.75) is 20.0 Å². The lowest BCUT2D eigenvalue weighted by molar-refractivity contribution is 0.307. The van der Waals surface area contributed by atoms with E-state index in [-0.39, 0.29) is 0 Å². The fourth-order valence-electron chi connectivity index (χ4n) is 4.53. The molecule has 0 radical (unpaired) electrons. The maximum Gasteiger partial charge on any atom is 0.229 e. The Bertz CT molecular complexity index is 1520. The van der Waals surface area contributed by atoms with Crippen molar-refractivity contribution in [3.05, 3.63) is 89.1 Å². The summed E-state index contributed by atoms with van der Waals surface area (Å²) in [5.74, 6) is 0.835. The van der Waals surface area contributed by atoms with E-state index in [0.29, 0.717) is 12.3 Å². The molecule has 1 aliphatic heterocycles. The van der Waals surface area contributed by atoms with Crippen molar-refractivity contribution in [1.29, 1.82) is 0 Å². The maximum atomic E-state index is 11.8. The zero-order chi connectivity index (χ0) is 23.2. The number of ether oxygens (including phenoxy) is 1. The first-order valence-electron chi connectivity index (χ1n) is 10.8. The van der Waals surface area contributed by atoms with Crippen LogP contribution in [0.4, 0.5) is 5.69 Å². The molecule has 0 aliphatic carbocycles. The standard InChI is InChI=1S/C26H25N3O3S/c1-4-21(17-8-7-9-20(12-17)28-33(3,30)31)26-22-10-5-6-11-25(22)32-16-19-14-24-18(13-23(19)26)15-27-29(24)2/h5-15,28H,4,16H2,1-3H3/b26-21+. The van der Waals surface area contributed by atoms with E-state index < -0.39 is 10.0 Å². The number of benzene rings is 3. The minimum absolute atomic E-state index is 0.462. The van der Waals surface area contributed by atoms with Crippen molar-refractivity contribution < 1.29 is 13.2 Å². The minimum atomic E-state index is -3.37. The van der Waals surface area contributed by atoms with Gasteiger partial charge in [0.1, 0.15) is 12.4 Å². The number of aryl methyl sites for hydroxylation is 1.